The van der Waals surface area contributed by atoms with Crippen molar-refractivity contribution < 1.29 is 17.8 Å². The Morgan fingerprint density at radius 3 is 2.26 bits per heavy atom. The zero-order valence-corrected chi connectivity index (χ0v) is 22.3. The molecule has 12 heteroatoms. The predicted molar refractivity (Wildman–Crippen MR) is 133 cm³/mol. The molecule has 2 bridgehead atoms. The van der Waals surface area contributed by atoms with Gasteiger partial charge in [0.1, 0.15) is 5.78 Å². The lowest BCUT2D eigenvalue weighted by Crippen LogP contribution is -2.42. The van der Waals surface area contributed by atoms with Crippen molar-refractivity contribution in [2.45, 2.75) is 53.5 Å². The number of carbonyl (C=O) groups excluding carboxylic acids is 1. The van der Waals surface area contributed by atoms with Crippen LogP contribution in [-0.4, -0.2) is 67.7 Å². The third-order valence-electron chi connectivity index (χ3n) is 8.34. The summed E-state index contributed by atoms with van der Waals surface area (Å²) in [5.74, 6) is -0.101. The molecule has 2 fully saturated rings. The number of carbonyl (C=O) groups is 1. The highest BCUT2D eigenvalue weighted by Gasteiger charge is 2.65. The smallest absolute Gasteiger partial charge is 0.323 e. The Hall–Kier alpha value is -2.31. The molecular formula is C23H37N5O6S. The third kappa shape index (κ3) is 4.75. The van der Waals surface area contributed by atoms with E-state index in [1.54, 1.807) is 13.4 Å². The van der Waals surface area contributed by atoms with Crippen LogP contribution in [0.2, 0.25) is 0 Å². The van der Waals surface area contributed by atoms with Crippen LogP contribution in [0.3, 0.4) is 0 Å². The molecule has 0 aromatic carbocycles. The number of nitrogens with zero attached hydrogens (tertiary/aromatic N) is 5. The van der Waals surface area contributed by atoms with Crippen LogP contribution in [0, 0.1) is 16.7 Å². The van der Waals surface area contributed by atoms with E-state index in [0.29, 0.717) is 30.6 Å². The molecule has 4 rings (SSSR count). The van der Waals surface area contributed by atoms with Crippen LogP contribution in [0.15, 0.2) is 15.9 Å². The fourth-order valence-corrected chi connectivity index (χ4v) is 7.08. The Bertz CT molecular complexity index is 1330. The van der Waals surface area contributed by atoms with Crippen molar-refractivity contribution in [2.24, 2.45) is 30.8 Å². The molecule has 196 valence electrons. The van der Waals surface area contributed by atoms with Crippen molar-refractivity contribution in [3.05, 3.63) is 27.2 Å². The first kappa shape index (κ1) is 27.3. The molecule has 0 saturated heterocycles. The zero-order valence-electron chi connectivity index (χ0n) is 21.4. The Labute approximate surface area is 205 Å². The quantitative estimate of drug-likeness (QED) is 0.545. The molecule has 2 atom stereocenters. The lowest BCUT2D eigenvalue weighted by atomic mass is 9.70. The second kappa shape index (κ2) is 9.62. The number of likely N-dealkylation sites (N-methyl/N-ethyl adjacent to an activating group) is 1. The Morgan fingerprint density at radius 2 is 1.77 bits per heavy atom. The highest BCUT2D eigenvalue weighted by atomic mass is 32.2. The summed E-state index contributed by atoms with van der Waals surface area (Å²) in [4.78, 5) is 42.4. The minimum absolute atomic E-state index is 0.0152. The molecular weight excluding hydrogens is 474 g/mol. The first-order valence-electron chi connectivity index (χ1n) is 12.0. The minimum atomic E-state index is -4.08. The molecule has 0 spiro atoms. The molecule has 35 heavy (non-hydrogen) atoms. The Morgan fingerprint density at radius 1 is 1.14 bits per heavy atom. The number of imidazole rings is 1. The molecule has 0 aliphatic heterocycles. The maximum Gasteiger partial charge on any atom is 0.332 e. The Balaban J connectivity index is 0.000000203. The summed E-state index contributed by atoms with van der Waals surface area (Å²) in [5, 5.41) is 0. The van der Waals surface area contributed by atoms with E-state index < -0.39 is 21.3 Å². The molecule has 0 radical (unpaired) electrons. The number of aromatic nitrogens is 4. The zero-order chi connectivity index (χ0) is 26.3. The molecule has 2 saturated carbocycles. The van der Waals surface area contributed by atoms with E-state index in [4.69, 9.17) is 4.55 Å². The Kier molecular flexibility index (Phi) is 7.50. The summed E-state index contributed by atoms with van der Waals surface area (Å²) in [5.41, 5.74) is -0.832. The van der Waals surface area contributed by atoms with E-state index in [1.165, 1.54) is 11.6 Å². The average Bonchev–Trinajstić information content (AvgIpc) is 3.36. The molecule has 2 aliphatic carbocycles. The van der Waals surface area contributed by atoms with E-state index in [1.807, 2.05) is 18.4 Å². The van der Waals surface area contributed by atoms with Crippen LogP contribution in [0.1, 0.15) is 47.0 Å². The van der Waals surface area contributed by atoms with Gasteiger partial charge in [-0.2, -0.15) is 8.42 Å². The van der Waals surface area contributed by atoms with E-state index >= 15 is 0 Å². The number of hydrogen-bond donors (Lipinski definition) is 1. The molecule has 2 heterocycles. The molecule has 1 N–H and O–H groups in total. The van der Waals surface area contributed by atoms with E-state index in [2.05, 4.69) is 23.7 Å². The summed E-state index contributed by atoms with van der Waals surface area (Å²) in [7, 11) is -0.954. The monoisotopic (exact) mass is 511 g/mol. The van der Waals surface area contributed by atoms with Crippen molar-refractivity contribution >= 4 is 27.1 Å². The largest absolute Gasteiger partial charge is 0.332 e. The van der Waals surface area contributed by atoms with Crippen LogP contribution in [-0.2, 0) is 35.6 Å². The van der Waals surface area contributed by atoms with Crippen molar-refractivity contribution in [1.82, 2.24) is 23.6 Å². The maximum atomic E-state index is 12.2. The van der Waals surface area contributed by atoms with Gasteiger partial charge in [0.05, 0.1) is 17.5 Å². The highest BCUT2D eigenvalue weighted by Crippen LogP contribution is 2.64. The van der Waals surface area contributed by atoms with Gasteiger partial charge >= 0.3 is 5.69 Å². The van der Waals surface area contributed by atoms with E-state index in [0.717, 1.165) is 30.6 Å². The summed E-state index contributed by atoms with van der Waals surface area (Å²) >= 11 is 0. The van der Waals surface area contributed by atoms with E-state index in [-0.39, 0.29) is 28.4 Å². The normalized spacial score (nSPS) is 23.2. The number of rotatable bonds is 7. The van der Waals surface area contributed by atoms with Gasteiger partial charge in [0.25, 0.3) is 15.7 Å². The highest BCUT2D eigenvalue weighted by molar-refractivity contribution is 7.85. The number of aryl methyl sites for hydroxylation is 1. The van der Waals surface area contributed by atoms with Crippen LogP contribution in [0.25, 0.3) is 11.2 Å². The van der Waals surface area contributed by atoms with Gasteiger partial charge in [-0.05, 0) is 37.3 Å². The van der Waals surface area contributed by atoms with Gasteiger partial charge in [0.2, 0.25) is 0 Å². The van der Waals surface area contributed by atoms with E-state index in [9.17, 15) is 22.8 Å². The standard InChI is InChI=1S/C13H21N5O2.C10H16O4S/c1-5-17(6-2)7-8-18-9-14-11-10(18)12(19)16(4)13(20)15(11)3;1-9(2)7-3-4-10(9,8(11)5-7)6-15(12,13)14/h9H,5-8H2,1-4H3;7H,3-6H2,1-2H3,(H,12,13,14). The number of hydrogen-bond acceptors (Lipinski definition) is 7. The van der Waals surface area contributed by atoms with Crippen LogP contribution >= 0.6 is 0 Å². The van der Waals surface area contributed by atoms with Crippen LogP contribution in [0.5, 0.6) is 0 Å². The first-order valence-corrected chi connectivity index (χ1v) is 13.6. The topological polar surface area (TPSA) is 136 Å². The fraction of sp³-hybridized carbons (Fsp3) is 0.739. The third-order valence-corrected chi connectivity index (χ3v) is 9.19. The van der Waals surface area contributed by atoms with Gasteiger partial charge in [-0.15, -0.1) is 0 Å². The predicted octanol–water partition coefficient (Wildman–Crippen LogP) is 1.05. The number of fused-ring (bicyclic) bond motifs is 3. The van der Waals surface area contributed by atoms with Crippen molar-refractivity contribution in [1.29, 1.82) is 0 Å². The van der Waals surface area contributed by atoms with Gasteiger partial charge < -0.3 is 9.47 Å². The number of ketones is 1. The first-order chi connectivity index (χ1) is 16.2. The summed E-state index contributed by atoms with van der Waals surface area (Å²) in [6.07, 6.45) is 3.61. The molecule has 11 nitrogen and oxygen atoms in total. The van der Waals surface area contributed by atoms with Crippen molar-refractivity contribution in [3.8, 4) is 0 Å². The molecule has 2 aromatic heterocycles. The van der Waals surface area contributed by atoms with Gasteiger partial charge in [0, 0.05) is 33.6 Å². The molecule has 2 aromatic rings. The summed E-state index contributed by atoms with van der Waals surface area (Å²) in [6.45, 7) is 11.6. The summed E-state index contributed by atoms with van der Waals surface area (Å²) < 4.78 is 35.3. The van der Waals surface area contributed by atoms with Gasteiger partial charge in [0.15, 0.2) is 11.2 Å². The minimum Gasteiger partial charge on any atom is -0.323 e. The maximum absolute atomic E-state index is 12.2. The molecule has 2 aliphatic rings. The second-order valence-electron chi connectivity index (χ2n) is 10.2. The second-order valence-corrected chi connectivity index (χ2v) is 11.7. The SMILES string of the molecule is CC1(C)C2CCC1(CS(=O)(=O)O)C(=O)C2.CCN(CC)CCn1cnc2c1c(=O)n(C)c(=O)n2C. The van der Waals surface area contributed by atoms with Crippen molar-refractivity contribution in [3.63, 3.8) is 0 Å². The van der Waals surface area contributed by atoms with Crippen molar-refractivity contribution in [2.75, 3.05) is 25.4 Å². The van der Waals surface area contributed by atoms with Gasteiger partial charge in [-0.3, -0.25) is 23.3 Å². The van der Waals surface area contributed by atoms with Gasteiger partial charge in [-0.25, -0.2) is 9.78 Å². The van der Waals surface area contributed by atoms with Crippen LogP contribution in [0.4, 0.5) is 0 Å². The fourth-order valence-electron chi connectivity index (χ4n) is 5.78. The van der Waals surface area contributed by atoms with Gasteiger partial charge in [-0.1, -0.05) is 27.7 Å². The summed E-state index contributed by atoms with van der Waals surface area (Å²) in [6, 6.07) is 0. The van der Waals surface area contributed by atoms with Crippen LogP contribution < -0.4 is 11.2 Å². The number of Topliss-reactive ketones (excluding diaryl/α,β-unsaturated/α-hetero) is 1. The lowest BCUT2D eigenvalue weighted by molar-refractivity contribution is -0.128. The average molecular weight is 512 g/mol. The molecule has 2 unspecified atom stereocenters. The lowest BCUT2D eigenvalue weighted by Gasteiger charge is -2.35. The molecule has 0 amide bonds.